The van der Waals surface area contributed by atoms with Crippen molar-refractivity contribution in [3.05, 3.63) is 120 Å². The highest BCUT2D eigenvalue weighted by Crippen LogP contribution is 2.31. The van der Waals surface area contributed by atoms with Gasteiger partial charge in [-0.2, -0.15) is 0 Å². The standard InChI is InChI=1S/C29H24N4O2S2/c1-19(26(34)30-25(21-12-4-2-5-13-21)22-14-6-3-7-15-22)36-29-33-32-28(37-29)31-27(35)24-18-10-16-20-11-8-9-17-23(20)24/h2-19,25H,1H3,(H,30,34)(H,31,32,35). The highest BCUT2D eigenvalue weighted by atomic mass is 32.2. The minimum atomic E-state index is -0.413. The lowest BCUT2D eigenvalue weighted by atomic mass is 9.98. The summed E-state index contributed by atoms with van der Waals surface area (Å²) in [5.41, 5.74) is 2.59. The first-order chi connectivity index (χ1) is 18.1. The summed E-state index contributed by atoms with van der Waals surface area (Å²) >= 11 is 2.56. The number of amides is 2. The van der Waals surface area contributed by atoms with Gasteiger partial charge in [-0.05, 0) is 34.9 Å². The smallest absolute Gasteiger partial charge is 0.258 e. The van der Waals surface area contributed by atoms with Crippen molar-refractivity contribution in [1.29, 1.82) is 0 Å². The molecule has 1 atom stereocenters. The normalized spacial score (nSPS) is 11.8. The van der Waals surface area contributed by atoms with Gasteiger partial charge >= 0.3 is 0 Å². The maximum atomic E-state index is 13.2. The second-order valence-electron chi connectivity index (χ2n) is 8.38. The molecule has 0 aliphatic heterocycles. The summed E-state index contributed by atoms with van der Waals surface area (Å²) in [6, 6.07) is 32.9. The molecule has 1 aromatic heterocycles. The Balaban J connectivity index is 1.25. The number of aromatic nitrogens is 2. The van der Waals surface area contributed by atoms with Crippen LogP contribution < -0.4 is 10.6 Å². The Morgan fingerprint density at radius 2 is 1.41 bits per heavy atom. The molecular formula is C29H24N4O2S2. The Hall–Kier alpha value is -4.01. The molecule has 0 saturated heterocycles. The number of nitrogens with zero attached hydrogens (tertiary/aromatic N) is 2. The van der Waals surface area contributed by atoms with E-state index < -0.39 is 5.25 Å². The van der Waals surface area contributed by atoms with Crippen LogP contribution in [0, 0.1) is 0 Å². The number of anilines is 1. The number of hydrogen-bond acceptors (Lipinski definition) is 6. The quantitative estimate of drug-likeness (QED) is 0.183. The highest BCUT2D eigenvalue weighted by molar-refractivity contribution is 8.02. The first-order valence-corrected chi connectivity index (χ1v) is 13.5. The Kier molecular flexibility index (Phi) is 7.58. The van der Waals surface area contributed by atoms with E-state index >= 15 is 0 Å². The van der Waals surface area contributed by atoms with Gasteiger partial charge in [0, 0.05) is 5.56 Å². The molecule has 0 saturated carbocycles. The van der Waals surface area contributed by atoms with E-state index in [4.69, 9.17) is 0 Å². The second-order valence-corrected chi connectivity index (χ2v) is 10.9. The zero-order valence-corrected chi connectivity index (χ0v) is 21.6. The number of carbonyl (C=O) groups excluding carboxylic acids is 2. The third-order valence-electron chi connectivity index (χ3n) is 5.86. The fraction of sp³-hybridized carbons (Fsp3) is 0.103. The van der Waals surface area contributed by atoms with Crippen molar-refractivity contribution in [2.24, 2.45) is 0 Å². The number of carbonyl (C=O) groups is 2. The number of hydrogen-bond donors (Lipinski definition) is 2. The van der Waals surface area contributed by atoms with E-state index in [9.17, 15) is 9.59 Å². The maximum absolute atomic E-state index is 13.2. The summed E-state index contributed by atoms with van der Waals surface area (Å²) in [6.45, 7) is 1.84. The van der Waals surface area contributed by atoms with Crippen molar-refractivity contribution in [2.75, 3.05) is 5.32 Å². The molecule has 0 radical (unpaired) electrons. The number of benzene rings is 4. The largest absolute Gasteiger partial charge is 0.344 e. The van der Waals surface area contributed by atoms with Gasteiger partial charge in [-0.1, -0.05) is 120 Å². The lowest BCUT2D eigenvalue weighted by Crippen LogP contribution is -2.34. The number of rotatable bonds is 8. The molecule has 0 aliphatic rings. The molecule has 1 unspecified atom stereocenters. The van der Waals surface area contributed by atoms with Crippen molar-refractivity contribution >= 4 is 50.8 Å². The molecule has 2 N–H and O–H groups in total. The SMILES string of the molecule is CC(Sc1nnc(NC(=O)c2cccc3ccccc23)s1)C(=O)NC(c1ccccc1)c1ccccc1. The molecule has 8 heteroatoms. The van der Waals surface area contributed by atoms with Crippen molar-refractivity contribution in [1.82, 2.24) is 15.5 Å². The maximum Gasteiger partial charge on any atom is 0.258 e. The molecule has 4 aromatic carbocycles. The first kappa shape index (κ1) is 24.7. The van der Waals surface area contributed by atoms with E-state index in [1.165, 1.54) is 23.1 Å². The predicted molar refractivity (Wildman–Crippen MR) is 150 cm³/mol. The lowest BCUT2D eigenvalue weighted by molar-refractivity contribution is -0.120. The third kappa shape index (κ3) is 5.87. The Bertz CT molecular complexity index is 1480. The summed E-state index contributed by atoms with van der Waals surface area (Å²) in [4.78, 5) is 26.1. The van der Waals surface area contributed by atoms with Crippen LogP contribution in [0.1, 0.15) is 34.5 Å². The lowest BCUT2D eigenvalue weighted by Gasteiger charge is -2.21. The van der Waals surface area contributed by atoms with Crippen LogP contribution in [-0.2, 0) is 4.79 Å². The molecule has 6 nitrogen and oxygen atoms in total. The molecule has 0 aliphatic carbocycles. The van der Waals surface area contributed by atoms with E-state index in [-0.39, 0.29) is 17.9 Å². The molecule has 5 rings (SSSR count). The first-order valence-electron chi connectivity index (χ1n) is 11.8. The molecule has 1 heterocycles. The van der Waals surface area contributed by atoms with Gasteiger partial charge in [0.05, 0.1) is 11.3 Å². The molecular weight excluding hydrogens is 500 g/mol. The minimum absolute atomic E-state index is 0.112. The van der Waals surface area contributed by atoms with Crippen molar-refractivity contribution in [2.45, 2.75) is 22.6 Å². The van der Waals surface area contributed by atoms with Gasteiger partial charge in [0.2, 0.25) is 11.0 Å². The van der Waals surface area contributed by atoms with E-state index in [2.05, 4.69) is 20.8 Å². The summed E-state index contributed by atoms with van der Waals surface area (Å²) in [5, 5.41) is 16.2. The van der Waals surface area contributed by atoms with Crippen molar-refractivity contribution in [3.63, 3.8) is 0 Å². The van der Waals surface area contributed by atoms with Crippen LogP contribution in [0.15, 0.2) is 107 Å². The van der Waals surface area contributed by atoms with Crippen LogP contribution in [0.5, 0.6) is 0 Å². The summed E-state index contributed by atoms with van der Waals surface area (Å²) in [5.74, 6) is -0.358. The van der Waals surface area contributed by atoms with Gasteiger partial charge in [0.15, 0.2) is 4.34 Å². The van der Waals surface area contributed by atoms with Crippen molar-refractivity contribution < 1.29 is 9.59 Å². The molecule has 0 spiro atoms. The van der Waals surface area contributed by atoms with Gasteiger partial charge in [0.1, 0.15) is 0 Å². The van der Waals surface area contributed by atoms with Crippen LogP contribution in [-0.4, -0.2) is 27.3 Å². The van der Waals surface area contributed by atoms with E-state index in [1.54, 1.807) is 6.07 Å². The van der Waals surface area contributed by atoms with Gasteiger partial charge in [-0.25, -0.2) is 0 Å². The number of fused-ring (bicyclic) bond motifs is 1. The Morgan fingerprint density at radius 1 is 0.784 bits per heavy atom. The molecule has 37 heavy (non-hydrogen) atoms. The van der Waals surface area contributed by atoms with Crippen LogP contribution in [0.3, 0.4) is 0 Å². The molecule has 184 valence electrons. The van der Waals surface area contributed by atoms with Crippen molar-refractivity contribution in [3.8, 4) is 0 Å². The highest BCUT2D eigenvalue weighted by Gasteiger charge is 2.23. The van der Waals surface area contributed by atoms with Gasteiger partial charge in [0.25, 0.3) is 5.91 Å². The summed E-state index contributed by atoms with van der Waals surface area (Å²) < 4.78 is 0.604. The minimum Gasteiger partial charge on any atom is -0.344 e. The van der Waals surface area contributed by atoms with E-state index in [1.807, 2.05) is 104 Å². The van der Waals surface area contributed by atoms with Crippen LogP contribution in [0.25, 0.3) is 10.8 Å². The van der Waals surface area contributed by atoms with Gasteiger partial charge in [-0.15, -0.1) is 10.2 Å². The fourth-order valence-corrected chi connectivity index (χ4v) is 5.91. The predicted octanol–water partition coefficient (Wildman–Crippen LogP) is 6.33. The summed E-state index contributed by atoms with van der Waals surface area (Å²) in [6.07, 6.45) is 0. The Labute approximate surface area is 223 Å². The summed E-state index contributed by atoms with van der Waals surface area (Å²) in [7, 11) is 0. The topological polar surface area (TPSA) is 84.0 Å². The number of nitrogens with one attached hydrogen (secondary N) is 2. The second kappa shape index (κ2) is 11.4. The molecule has 0 bridgehead atoms. The fourth-order valence-electron chi connectivity index (χ4n) is 4.01. The average Bonchev–Trinajstić information content (AvgIpc) is 3.38. The zero-order chi connectivity index (χ0) is 25.6. The van der Waals surface area contributed by atoms with Gasteiger partial charge < -0.3 is 5.32 Å². The van der Waals surface area contributed by atoms with Crippen LogP contribution in [0.4, 0.5) is 5.13 Å². The van der Waals surface area contributed by atoms with Gasteiger partial charge in [-0.3, -0.25) is 14.9 Å². The average molecular weight is 525 g/mol. The van der Waals surface area contributed by atoms with E-state index in [0.717, 1.165) is 21.9 Å². The number of thioether (sulfide) groups is 1. The van der Waals surface area contributed by atoms with Crippen LogP contribution in [0.2, 0.25) is 0 Å². The van der Waals surface area contributed by atoms with Crippen LogP contribution >= 0.6 is 23.1 Å². The monoisotopic (exact) mass is 524 g/mol. The molecule has 2 amide bonds. The zero-order valence-electron chi connectivity index (χ0n) is 20.0. The molecule has 0 fully saturated rings. The molecule has 5 aromatic rings. The van der Waals surface area contributed by atoms with E-state index in [0.29, 0.717) is 15.0 Å². The Morgan fingerprint density at radius 3 is 2.11 bits per heavy atom. The third-order valence-corrected chi connectivity index (χ3v) is 7.88.